The van der Waals surface area contributed by atoms with Crippen molar-refractivity contribution in [1.82, 2.24) is 15.1 Å². The van der Waals surface area contributed by atoms with E-state index in [0.717, 1.165) is 24.2 Å². The first kappa shape index (κ1) is 14.1. The summed E-state index contributed by atoms with van der Waals surface area (Å²) < 4.78 is 1.85. The first-order chi connectivity index (χ1) is 9.70. The number of amides is 1. The Morgan fingerprint density at radius 3 is 2.95 bits per heavy atom. The van der Waals surface area contributed by atoms with Crippen LogP contribution in [0, 0.1) is 6.92 Å². The third-order valence-corrected chi connectivity index (χ3v) is 3.05. The summed E-state index contributed by atoms with van der Waals surface area (Å²) in [7, 11) is 0. The monoisotopic (exact) mass is 273 g/mol. The largest absolute Gasteiger partial charge is 0.352 e. The summed E-state index contributed by atoms with van der Waals surface area (Å²) in [5, 5.41) is 7.02. The Balaban J connectivity index is 1.82. The number of hydrogen-bond acceptors (Lipinski definition) is 4. The zero-order chi connectivity index (χ0) is 14.4. The molecule has 0 aliphatic heterocycles. The quantitative estimate of drug-likeness (QED) is 0.421. The number of nitrogens with one attached hydrogen (secondary N) is 2. The molecule has 0 radical (unpaired) electrons. The molecule has 1 amide bonds. The van der Waals surface area contributed by atoms with Gasteiger partial charge in [0.1, 0.15) is 0 Å². The van der Waals surface area contributed by atoms with Gasteiger partial charge in [0, 0.05) is 36.7 Å². The second kappa shape index (κ2) is 6.72. The zero-order valence-corrected chi connectivity index (χ0v) is 11.5. The van der Waals surface area contributed by atoms with Crippen LogP contribution < -0.4 is 16.6 Å². The van der Waals surface area contributed by atoms with Gasteiger partial charge < -0.3 is 10.7 Å². The number of carbonyl (C=O) groups is 1. The number of carbonyl (C=O) groups excluding carboxylic acids is 1. The highest BCUT2D eigenvalue weighted by Gasteiger charge is 2.08. The van der Waals surface area contributed by atoms with Gasteiger partial charge in [-0.15, -0.1) is 0 Å². The minimum Gasteiger partial charge on any atom is -0.352 e. The number of hydrazine groups is 1. The van der Waals surface area contributed by atoms with Gasteiger partial charge in [0.25, 0.3) is 5.91 Å². The Kier molecular flexibility index (Phi) is 4.73. The highest BCUT2D eigenvalue weighted by Crippen LogP contribution is 2.14. The molecular formula is C14H19N5O. The highest BCUT2D eigenvalue weighted by molar-refractivity contribution is 5.96. The molecule has 1 heterocycles. The first-order valence-electron chi connectivity index (χ1n) is 6.53. The maximum Gasteiger partial charge on any atom is 0.251 e. The van der Waals surface area contributed by atoms with Gasteiger partial charge in [0.05, 0.1) is 0 Å². The van der Waals surface area contributed by atoms with Crippen molar-refractivity contribution in [2.45, 2.75) is 19.9 Å². The van der Waals surface area contributed by atoms with Crippen LogP contribution in [0.4, 0.5) is 5.69 Å². The molecule has 0 saturated carbocycles. The van der Waals surface area contributed by atoms with Gasteiger partial charge in [-0.25, -0.2) is 0 Å². The van der Waals surface area contributed by atoms with E-state index in [0.29, 0.717) is 12.1 Å². The summed E-state index contributed by atoms with van der Waals surface area (Å²) in [6.07, 6.45) is 4.49. The molecule has 4 N–H and O–H groups in total. The number of nitrogens with zero attached hydrogens (tertiary/aromatic N) is 2. The maximum absolute atomic E-state index is 12.0. The van der Waals surface area contributed by atoms with Crippen LogP contribution in [0.1, 0.15) is 22.3 Å². The lowest BCUT2D eigenvalue weighted by Gasteiger charge is -2.09. The molecule has 0 unspecified atom stereocenters. The molecule has 0 saturated heterocycles. The molecule has 0 bridgehead atoms. The standard InChI is InChI=1S/C14H19N5O/c1-11-10-12(18-15)4-5-13(11)14(20)16-6-2-8-19-9-3-7-17-19/h3-5,7,9-10,18H,2,6,8,15H2,1H3,(H,16,20). The molecule has 0 spiro atoms. The van der Waals surface area contributed by atoms with Crippen LogP contribution in [0.5, 0.6) is 0 Å². The lowest BCUT2D eigenvalue weighted by Crippen LogP contribution is -2.26. The van der Waals surface area contributed by atoms with Gasteiger partial charge in [-0.2, -0.15) is 5.10 Å². The number of hydrogen-bond donors (Lipinski definition) is 3. The van der Waals surface area contributed by atoms with E-state index < -0.39 is 0 Å². The molecule has 106 valence electrons. The third kappa shape index (κ3) is 3.58. The van der Waals surface area contributed by atoms with Crippen molar-refractivity contribution in [3.05, 3.63) is 47.8 Å². The fourth-order valence-electron chi connectivity index (χ4n) is 1.98. The summed E-state index contributed by atoms with van der Waals surface area (Å²) in [6.45, 7) is 3.30. The van der Waals surface area contributed by atoms with Crippen LogP contribution in [0.3, 0.4) is 0 Å². The van der Waals surface area contributed by atoms with E-state index in [1.54, 1.807) is 18.3 Å². The van der Waals surface area contributed by atoms with E-state index in [2.05, 4.69) is 15.8 Å². The fourth-order valence-corrected chi connectivity index (χ4v) is 1.98. The van der Waals surface area contributed by atoms with Gasteiger partial charge >= 0.3 is 0 Å². The van der Waals surface area contributed by atoms with E-state index in [9.17, 15) is 4.79 Å². The van der Waals surface area contributed by atoms with Gasteiger partial charge in [0.15, 0.2) is 0 Å². The summed E-state index contributed by atoms with van der Waals surface area (Å²) in [4.78, 5) is 12.0. The molecule has 6 heteroatoms. The molecule has 1 aromatic heterocycles. The van der Waals surface area contributed by atoms with E-state index >= 15 is 0 Å². The van der Waals surface area contributed by atoms with Crippen molar-refractivity contribution in [2.24, 2.45) is 5.84 Å². The number of nitrogen functional groups attached to an aromatic ring is 1. The fraction of sp³-hybridized carbons (Fsp3) is 0.286. The molecule has 20 heavy (non-hydrogen) atoms. The van der Waals surface area contributed by atoms with Gasteiger partial charge in [-0.1, -0.05) is 0 Å². The minimum atomic E-state index is -0.0634. The number of benzene rings is 1. The lowest BCUT2D eigenvalue weighted by atomic mass is 10.1. The van der Waals surface area contributed by atoms with Crippen LogP contribution in [0.25, 0.3) is 0 Å². The van der Waals surface area contributed by atoms with Crippen LogP contribution in [0.2, 0.25) is 0 Å². The molecule has 2 aromatic rings. The van der Waals surface area contributed by atoms with Gasteiger partial charge in [0.2, 0.25) is 0 Å². The Labute approximate surface area is 117 Å². The molecular weight excluding hydrogens is 254 g/mol. The Morgan fingerprint density at radius 1 is 1.45 bits per heavy atom. The summed E-state index contributed by atoms with van der Waals surface area (Å²) in [5.74, 6) is 5.27. The Hall–Kier alpha value is -2.34. The van der Waals surface area contributed by atoms with E-state index in [4.69, 9.17) is 5.84 Å². The number of aromatic nitrogens is 2. The molecule has 0 atom stereocenters. The van der Waals surface area contributed by atoms with Crippen molar-refractivity contribution in [3.63, 3.8) is 0 Å². The average Bonchev–Trinajstić information content (AvgIpc) is 2.96. The van der Waals surface area contributed by atoms with Crippen molar-refractivity contribution in [1.29, 1.82) is 0 Å². The number of nitrogens with two attached hydrogens (primary N) is 1. The second-order valence-corrected chi connectivity index (χ2v) is 4.55. The van der Waals surface area contributed by atoms with Gasteiger partial charge in [-0.3, -0.25) is 15.3 Å². The Bertz CT molecular complexity index is 565. The van der Waals surface area contributed by atoms with Crippen molar-refractivity contribution >= 4 is 11.6 Å². The lowest BCUT2D eigenvalue weighted by molar-refractivity contribution is 0.0952. The highest BCUT2D eigenvalue weighted by atomic mass is 16.1. The maximum atomic E-state index is 12.0. The molecule has 0 aliphatic rings. The molecule has 2 rings (SSSR count). The summed E-state index contributed by atoms with van der Waals surface area (Å²) in [6, 6.07) is 7.28. The predicted octanol–water partition coefficient (Wildman–Crippen LogP) is 1.30. The normalized spacial score (nSPS) is 10.3. The van der Waals surface area contributed by atoms with Crippen LogP contribution >= 0.6 is 0 Å². The molecule has 0 fully saturated rings. The first-order valence-corrected chi connectivity index (χ1v) is 6.53. The topological polar surface area (TPSA) is 85.0 Å². The second-order valence-electron chi connectivity index (χ2n) is 4.55. The number of rotatable bonds is 6. The molecule has 6 nitrogen and oxygen atoms in total. The molecule has 0 aliphatic carbocycles. The molecule has 1 aromatic carbocycles. The Morgan fingerprint density at radius 2 is 2.30 bits per heavy atom. The van der Waals surface area contributed by atoms with E-state index in [1.165, 1.54) is 0 Å². The number of aryl methyl sites for hydroxylation is 2. The zero-order valence-electron chi connectivity index (χ0n) is 11.5. The smallest absolute Gasteiger partial charge is 0.251 e. The summed E-state index contributed by atoms with van der Waals surface area (Å²) in [5.41, 5.74) is 4.91. The van der Waals surface area contributed by atoms with Gasteiger partial charge in [-0.05, 0) is 43.2 Å². The van der Waals surface area contributed by atoms with Crippen molar-refractivity contribution in [2.75, 3.05) is 12.0 Å². The predicted molar refractivity (Wildman–Crippen MR) is 78.2 cm³/mol. The van der Waals surface area contributed by atoms with Crippen LogP contribution in [-0.4, -0.2) is 22.2 Å². The van der Waals surface area contributed by atoms with Crippen LogP contribution in [-0.2, 0) is 6.54 Å². The van der Waals surface area contributed by atoms with Crippen LogP contribution in [0.15, 0.2) is 36.7 Å². The van der Waals surface area contributed by atoms with E-state index in [1.807, 2.05) is 29.9 Å². The summed E-state index contributed by atoms with van der Waals surface area (Å²) >= 11 is 0. The number of anilines is 1. The van der Waals surface area contributed by atoms with Crippen molar-refractivity contribution in [3.8, 4) is 0 Å². The SMILES string of the molecule is Cc1cc(NN)ccc1C(=O)NCCCn1cccn1. The van der Waals surface area contributed by atoms with E-state index in [-0.39, 0.29) is 5.91 Å². The third-order valence-electron chi connectivity index (χ3n) is 3.05. The van der Waals surface area contributed by atoms with Crippen molar-refractivity contribution < 1.29 is 4.79 Å². The minimum absolute atomic E-state index is 0.0634. The average molecular weight is 273 g/mol.